The summed E-state index contributed by atoms with van der Waals surface area (Å²) >= 11 is 0. The second-order valence-electron chi connectivity index (χ2n) is 6.35. The molecule has 5 heteroatoms. The van der Waals surface area contributed by atoms with E-state index in [2.05, 4.69) is 17.1 Å². The molecule has 2 rings (SSSR count). The van der Waals surface area contributed by atoms with Gasteiger partial charge in [-0.1, -0.05) is 26.0 Å². The van der Waals surface area contributed by atoms with E-state index < -0.39 is 0 Å². The molecule has 1 atom stereocenters. The van der Waals surface area contributed by atoms with Crippen LogP contribution in [0.15, 0.2) is 24.3 Å². The Morgan fingerprint density at radius 3 is 2.25 bits per heavy atom. The fraction of sp³-hybridized carbons (Fsp3) is 0.579. The van der Waals surface area contributed by atoms with Gasteiger partial charge in [-0.05, 0) is 37.5 Å². The summed E-state index contributed by atoms with van der Waals surface area (Å²) in [6.07, 6.45) is 1.92. The lowest BCUT2D eigenvalue weighted by atomic mass is 10.1. The topological polar surface area (TPSA) is 52.7 Å². The zero-order chi connectivity index (χ0) is 17.5. The van der Waals surface area contributed by atoms with Gasteiger partial charge in [-0.25, -0.2) is 0 Å². The van der Waals surface area contributed by atoms with E-state index in [0.717, 1.165) is 38.0 Å². The largest absolute Gasteiger partial charge is 0.355 e. The Labute approximate surface area is 145 Å². The summed E-state index contributed by atoms with van der Waals surface area (Å²) < 4.78 is 0. The van der Waals surface area contributed by atoms with Crippen LogP contribution in [0.4, 0.5) is 0 Å². The van der Waals surface area contributed by atoms with Crippen LogP contribution in [0.25, 0.3) is 0 Å². The maximum absolute atomic E-state index is 12.6. The summed E-state index contributed by atoms with van der Waals surface area (Å²) in [4.78, 5) is 28.7. The number of piperazine rings is 1. The van der Waals surface area contributed by atoms with Gasteiger partial charge in [0.15, 0.2) is 0 Å². The molecule has 0 bridgehead atoms. The predicted octanol–water partition coefficient (Wildman–Crippen LogP) is 1.92. The summed E-state index contributed by atoms with van der Waals surface area (Å²) in [6.45, 7) is 9.61. The number of nitrogens with zero attached hydrogens (tertiary/aromatic N) is 2. The zero-order valence-corrected chi connectivity index (χ0v) is 15.0. The number of hydrogen-bond donors (Lipinski definition) is 1. The van der Waals surface area contributed by atoms with Gasteiger partial charge in [0.05, 0.1) is 6.04 Å². The minimum atomic E-state index is -0.141. The highest BCUT2D eigenvalue weighted by Gasteiger charge is 2.27. The van der Waals surface area contributed by atoms with Gasteiger partial charge >= 0.3 is 0 Å². The number of benzene rings is 1. The van der Waals surface area contributed by atoms with E-state index in [1.807, 2.05) is 43.0 Å². The van der Waals surface area contributed by atoms with Gasteiger partial charge < -0.3 is 10.2 Å². The molecule has 1 saturated heterocycles. The van der Waals surface area contributed by atoms with Crippen molar-refractivity contribution in [3.05, 3.63) is 35.4 Å². The molecule has 1 aromatic carbocycles. The molecule has 1 aromatic rings. The predicted molar refractivity (Wildman–Crippen MR) is 96.1 cm³/mol. The van der Waals surface area contributed by atoms with Crippen molar-refractivity contribution < 1.29 is 9.59 Å². The molecule has 0 aromatic heterocycles. The molecule has 1 unspecified atom stereocenters. The fourth-order valence-corrected chi connectivity index (χ4v) is 2.94. The smallest absolute Gasteiger partial charge is 0.253 e. The van der Waals surface area contributed by atoms with Crippen LogP contribution in [0.2, 0.25) is 0 Å². The van der Waals surface area contributed by atoms with Gasteiger partial charge in [-0.2, -0.15) is 0 Å². The molecule has 0 spiro atoms. The van der Waals surface area contributed by atoms with E-state index in [0.29, 0.717) is 13.1 Å². The molecule has 1 aliphatic heterocycles. The molecule has 1 heterocycles. The van der Waals surface area contributed by atoms with Crippen molar-refractivity contribution >= 4 is 11.8 Å². The number of hydrogen-bond acceptors (Lipinski definition) is 3. The van der Waals surface area contributed by atoms with E-state index in [1.165, 1.54) is 5.56 Å². The van der Waals surface area contributed by atoms with Crippen molar-refractivity contribution in [1.29, 1.82) is 0 Å². The Bertz CT molecular complexity index is 548. The number of rotatable bonds is 6. The van der Waals surface area contributed by atoms with Crippen molar-refractivity contribution in [2.75, 3.05) is 32.7 Å². The molecule has 1 fully saturated rings. The first-order valence-electron chi connectivity index (χ1n) is 8.96. The molecule has 1 aliphatic rings. The molecule has 1 N–H and O–H groups in total. The van der Waals surface area contributed by atoms with Crippen molar-refractivity contribution in [3.63, 3.8) is 0 Å². The number of nitrogens with one attached hydrogen (secondary N) is 1. The van der Waals surface area contributed by atoms with Gasteiger partial charge in [0.25, 0.3) is 5.91 Å². The summed E-state index contributed by atoms with van der Waals surface area (Å²) in [7, 11) is 0. The molecule has 5 nitrogen and oxygen atoms in total. The molecule has 0 radical (unpaired) electrons. The molecular formula is C19H29N3O2. The summed E-state index contributed by atoms with van der Waals surface area (Å²) in [5.74, 6) is 0.159. The third-order valence-electron chi connectivity index (χ3n) is 4.69. The molecule has 0 saturated carbocycles. The second kappa shape index (κ2) is 8.83. The van der Waals surface area contributed by atoms with Crippen LogP contribution in [0.1, 0.15) is 43.1 Å². The number of carbonyl (C=O) groups is 2. The van der Waals surface area contributed by atoms with Gasteiger partial charge in [0, 0.05) is 38.3 Å². The van der Waals surface area contributed by atoms with Gasteiger partial charge in [-0.3, -0.25) is 14.5 Å². The van der Waals surface area contributed by atoms with Crippen LogP contribution >= 0.6 is 0 Å². The summed E-state index contributed by atoms with van der Waals surface area (Å²) in [5.41, 5.74) is 1.98. The van der Waals surface area contributed by atoms with E-state index in [-0.39, 0.29) is 17.9 Å². The lowest BCUT2D eigenvalue weighted by Gasteiger charge is -2.37. The van der Waals surface area contributed by atoms with Crippen LogP contribution in [-0.2, 0) is 11.2 Å². The van der Waals surface area contributed by atoms with Crippen molar-refractivity contribution in [3.8, 4) is 0 Å². The number of carbonyl (C=O) groups excluding carboxylic acids is 2. The third-order valence-corrected chi connectivity index (χ3v) is 4.69. The maximum atomic E-state index is 12.6. The van der Waals surface area contributed by atoms with E-state index in [4.69, 9.17) is 0 Å². The third kappa shape index (κ3) is 4.57. The van der Waals surface area contributed by atoms with Gasteiger partial charge in [-0.15, -0.1) is 0 Å². The second-order valence-corrected chi connectivity index (χ2v) is 6.35. The number of aryl methyl sites for hydroxylation is 1. The fourth-order valence-electron chi connectivity index (χ4n) is 2.94. The Morgan fingerprint density at radius 2 is 1.71 bits per heavy atom. The van der Waals surface area contributed by atoms with Crippen molar-refractivity contribution in [1.82, 2.24) is 15.1 Å². The maximum Gasteiger partial charge on any atom is 0.253 e. The Morgan fingerprint density at radius 1 is 1.08 bits per heavy atom. The highest BCUT2D eigenvalue weighted by atomic mass is 16.2. The molecule has 0 aliphatic carbocycles. The summed E-state index contributed by atoms with van der Waals surface area (Å²) in [6, 6.07) is 7.72. The quantitative estimate of drug-likeness (QED) is 0.866. The first-order chi connectivity index (χ1) is 11.6. The van der Waals surface area contributed by atoms with Crippen LogP contribution in [0, 0.1) is 0 Å². The SMILES string of the molecule is CCCNC(=O)C(C)N1CCN(C(=O)c2ccc(CC)cc2)CC1. The van der Waals surface area contributed by atoms with E-state index in [1.54, 1.807) is 0 Å². The lowest BCUT2D eigenvalue weighted by Crippen LogP contribution is -2.55. The van der Waals surface area contributed by atoms with Crippen molar-refractivity contribution in [2.45, 2.75) is 39.7 Å². The minimum absolute atomic E-state index is 0.0757. The van der Waals surface area contributed by atoms with Gasteiger partial charge in [0.2, 0.25) is 5.91 Å². The monoisotopic (exact) mass is 331 g/mol. The van der Waals surface area contributed by atoms with Gasteiger partial charge in [0.1, 0.15) is 0 Å². The van der Waals surface area contributed by atoms with E-state index in [9.17, 15) is 9.59 Å². The molecular weight excluding hydrogens is 302 g/mol. The first kappa shape index (κ1) is 18.5. The average Bonchev–Trinajstić information content (AvgIpc) is 2.65. The number of amides is 2. The molecule has 24 heavy (non-hydrogen) atoms. The minimum Gasteiger partial charge on any atom is -0.355 e. The highest BCUT2D eigenvalue weighted by molar-refractivity contribution is 5.94. The first-order valence-corrected chi connectivity index (χ1v) is 8.96. The van der Waals surface area contributed by atoms with E-state index >= 15 is 0 Å². The Kier molecular flexibility index (Phi) is 6.79. The standard InChI is InChI=1S/C19H29N3O2/c1-4-10-20-18(23)15(3)21-11-13-22(14-12-21)19(24)17-8-6-16(5-2)7-9-17/h6-9,15H,4-5,10-14H2,1-3H3,(H,20,23). The Hall–Kier alpha value is -1.88. The van der Waals surface area contributed by atoms with Crippen LogP contribution in [0.5, 0.6) is 0 Å². The normalized spacial score (nSPS) is 16.7. The molecule has 132 valence electrons. The molecule has 2 amide bonds. The summed E-state index contributed by atoms with van der Waals surface area (Å²) in [5, 5.41) is 2.94. The lowest BCUT2D eigenvalue weighted by molar-refractivity contribution is -0.126. The highest BCUT2D eigenvalue weighted by Crippen LogP contribution is 2.12. The Balaban J connectivity index is 1.87. The zero-order valence-electron chi connectivity index (χ0n) is 15.0. The van der Waals surface area contributed by atoms with Crippen LogP contribution in [0.3, 0.4) is 0 Å². The average molecular weight is 331 g/mol. The van der Waals surface area contributed by atoms with Crippen LogP contribution < -0.4 is 5.32 Å². The van der Waals surface area contributed by atoms with Crippen molar-refractivity contribution in [2.24, 2.45) is 0 Å². The van der Waals surface area contributed by atoms with Crippen LogP contribution in [-0.4, -0.2) is 60.4 Å².